The third-order valence-electron chi connectivity index (χ3n) is 6.13. The predicted octanol–water partition coefficient (Wildman–Crippen LogP) is 1.44. The van der Waals surface area contributed by atoms with Crippen LogP contribution in [-0.2, 0) is 17.1 Å². The number of aromatic nitrogens is 2. The molecule has 0 saturated carbocycles. The number of nitrogen functional groups attached to an aromatic ring is 1. The molecule has 2 amide bonds. The smallest absolute Gasteiger partial charge is 0.324 e. The number of sulfonamides is 1. The molecule has 3 N–H and O–H groups in total. The van der Waals surface area contributed by atoms with Crippen LogP contribution in [0.1, 0.15) is 25.3 Å². The van der Waals surface area contributed by atoms with Gasteiger partial charge in [0.05, 0.1) is 6.20 Å². The summed E-state index contributed by atoms with van der Waals surface area (Å²) in [5.41, 5.74) is 6.92. The number of rotatable bonds is 5. The van der Waals surface area contributed by atoms with Crippen molar-refractivity contribution in [3.05, 3.63) is 42.2 Å². The van der Waals surface area contributed by atoms with Crippen LogP contribution in [0.3, 0.4) is 0 Å². The summed E-state index contributed by atoms with van der Waals surface area (Å²) in [5.74, 6) is 0.217. The number of piperidine rings is 1. The van der Waals surface area contributed by atoms with Crippen LogP contribution in [0.4, 0.5) is 10.5 Å². The zero-order valence-electron chi connectivity index (χ0n) is 18.3. The fourth-order valence-electron chi connectivity index (χ4n) is 4.45. The van der Waals surface area contributed by atoms with Gasteiger partial charge in [0.1, 0.15) is 10.7 Å². The van der Waals surface area contributed by atoms with Crippen LogP contribution in [0.2, 0.25) is 0 Å². The van der Waals surface area contributed by atoms with Gasteiger partial charge < -0.3 is 10.6 Å². The second kappa shape index (κ2) is 8.55. The maximum Gasteiger partial charge on any atom is 0.324 e. The number of benzene rings is 1. The van der Waals surface area contributed by atoms with Crippen LogP contribution in [0.25, 0.3) is 0 Å². The Bertz CT molecular complexity index is 1120. The minimum absolute atomic E-state index is 0.0240. The summed E-state index contributed by atoms with van der Waals surface area (Å²) in [6.45, 7) is 4.05. The molecule has 32 heavy (non-hydrogen) atoms. The molecule has 0 bridgehead atoms. The van der Waals surface area contributed by atoms with E-state index in [2.05, 4.69) is 12.0 Å². The minimum Gasteiger partial charge on any atom is -0.384 e. The molecule has 0 radical (unpaired) electrons. The van der Waals surface area contributed by atoms with Gasteiger partial charge in [-0.15, -0.1) is 0 Å². The number of carbonyl (C=O) groups is 1. The van der Waals surface area contributed by atoms with Gasteiger partial charge in [0.2, 0.25) is 10.0 Å². The van der Waals surface area contributed by atoms with Crippen molar-refractivity contribution in [3.63, 3.8) is 0 Å². The second-order valence-electron chi connectivity index (χ2n) is 8.60. The zero-order valence-corrected chi connectivity index (χ0v) is 19.1. The standard InChI is InChI=1S/C21H29N7O3S/c1-15-12-27(21(29)28(13-15)18-5-3-4-16(10-18)20(22)23)17-6-8-26(9-7-17)32(30,31)19-11-24-25(2)14-19/h3-5,10-11,14-15,17H,6-9,12-13H2,1-2H3,(H3,22,23). The van der Waals surface area contributed by atoms with E-state index in [0.717, 1.165) is 5.69 Å². The Balaban J connectivity index is 1.48. The van der Waals surface area contributed by atoms with Crippen molar-refractivity contribution in [2.45, 2.75) is 30.7 Å². The number of hydrogen-bond acceptors (Lipinski definition) is 5. The number of urea groups is 1. The van der Waals surface area contributed by atoms with Crippen LogP contribution < -0.4 is 10.6 Å². The molecule has 10 nitrogen and oxygen atoms in total. The van der Waals surface area contributed by atoms with Gasteiger partial charge in [0.15, 0.2) is 0 Å². The number of amidine groups is 1. The molecule has 0 spiro atoms. The van der Waals surface area contributed by atoms with E-state index in [9.17, 15) is 13.2 Å². The third kappa shape index (κ3) is 4.22. The molecule has 172 valence electrons. The first-order chi connectivity index (χ1) is 15.2. The summed E-state index contributed by atoms with van der Waals surface area (Å²) in [5, 5.41) is 11.6. The second-order valence-corrected chi connectivity index (χ2v) is 10.5. The number of anilines is 1. The van der Waals surface area contributed by atoms with Gasteiger partial charge in [-0.3, -0.25) is 15.0 Å². The lowest BCUT2D eigenvalue weighted by Crippen LogP contribution is -2.58. The number of hydrogen-bond donors (Lipinski definition) is 2. The fraction of sp³-hybridized carbons (Fsp3) is 0.476. The van der Waals surface area contributed by atoms with Gasteiger partial charge in [-0.25, -0.2) is 13.2 Å². The molecule has 2 aromatic rings. The van der Waals surface area contributed by atoms with Crippen molar-refractivity contribution in [1.82, 2.24) is 19.0 Å². The molecule has 2 saturated heterocycles. The number of aryl methyl sites for hydroxylation is 1. The highest BCUT2D eigenvalue weighted by Crippen LogP contribution is 2.29. The molecule has 1 atom stereocenters. The first-order valence-corrected chi connectivity index (χ1v) is 12.1. The van der Waals surface area contributed by atoms with Gasteiger partial charge >= 0.3 is 6.03 Å². The van der Waals surface area contributed by atoms with Crippen molar-refractivity contribution in [1.29, 1.82) is 5.41 Å². The summed E-state index contributed by atoms with van der Waals surface area (Å²) in [4.78, 5) is 17.2. The Labute approximate surface area is 188 Å². The van der Waals surface area contributed by atoms with Gasteiger partial charge in [0, 0.05) is 56.7 Å². The summed E-state index contributed by atoms with van der Waals surface area (Å²) in [6.07, 6.45) is 4.03. The molecular formula is C21H29N7O3S. The van der Waals surface area contributed by atoms with Gasteiger partial charge in [-0.1, -0.05) is 19.1 Å². The SMILES string of the molecule is CC1CN(c2cccc(C(=N)N)c2)C(=O)N(C2CCN(S(=O)(=O)c3cnn(C)c3)CC2)C1. The molecule has 2 aliphatic rings. The Morgan fingerprint density at radius 2 is 1.94 bits per heavy atom. The molecule has 4 rings (SSSR count). The Kier molecular flexibility index (Phi) is 5.95. The topological polar surface area (TPSA) is 129 Å². The average Bonchev–Trinajstić information content (AvgIpc) is 3.22. The molecule has 0 aliphatic carbocycles. The van der Waals surface area contributed by atoms with Crippen LogP contribution in [-0.4, -0.2) is 71.5 Å². The van der Waals surface area contributed by atoms with E-state index in [1.54, 1.807) is 30.1 Å². The first-order valence-electron chi connectivity index (χ1n) is 10.7. The number of nitrogens with two attached hydrogens (primary N) is 1. The Morgan fingerprint density at radius 3 is 2.56 bits per heavy atom. The van der Waals surface area contributed by atoms with Crippen LogP contribution >= 0.6 is 0 Å². The maximum atomic E-state index is 13.4. The van der Waals surface area contributed by atoms with E-state index < -0.39 is 10.0 Å². The Morgan fingerprint density at radius 1 is 1.22 bits per heavy atom. The van der Waals surface area contributed by atoms with Crippen molar-refractivity contribution in [2.24, 2.45) is 18.7 Å². The van der Waals surface area contributed by atoms with E-state index in [-0.39, 0.29) is 28.7 Å². The fourth-order valence-corrected chi connectivity index (χ4v) is 5.91. The number of nitrogens with one attached hydrogen (secondary N) is 1. The van der Waals surface area contributed by atoms with E-state index >= 15 is 0 Å². The summed E-state index contributed by atoms with van der Waals surface area (Å²) in [7, 11) is -1.90. The highest BCUT2D eigenvalue weighted by molar-refractivity contribution is 7.89. The van der Waals surface area contributed by atoms with E-state index in [1.807, 2.05) is 11.0 Å². The molecular weight excluding hydrogens is 430 g/mol. The van der Waals surface area contributed by atoms with Crippen LogP contribution in [0.5, 0.6) is 0 Å². The summed E-state index contributed by atoms with van der Waals surface area (Å²) in [6, 6.07) is 7.05. The Hall–Kier alpha value is -2.92. The molecule has 1 unspecified atom stereocenters. The molecule has 1 aromatic heterocycles. The van der Waals surface area contributed by atoms with Crippen molar-refractivity contribution < 1.29 is 13.2 Å². The number of amides is 2. The van der Waals surface area contributed by atoms with Crippen LogP contribution in [0.15, 0.2) is 41.6 Å². The normalized spacial score (nSPS) is 21.2. The lowest BCUT2D eigenvalue weighted by molar-refractivity contribution is 0.127. The average molecular weight is 460 g/mol. The number of carbonyl (C=O) groups excluding carboxylic acids is 1. The van der Waals surface area contributed by atoms with Crippen molar-refractivity contribution in [2.75, 3.05) is 31.1 Å². The maximum absolute atomic E-state index is 13.4. The number of nitrogens with zero attached hydrogens (tertiary/aromatic N) is 5. The zero-order chi connectivity index (χ0) is 23.0. The van der Waals surface area contributed by atoms with Crippen molar-refractivity contribution in [3.8, 4) is 0 Å². The quantitative estimate of drug-likeness (QED) is 0.516. The lowest BCUT2D eigenvalue weighted by atomic mass is 10.00. The highest BCUT2D eigenvalue weighted by Gasteiger charge is 2.38. The van der Waals surface area contributed by atoms with Gasteiger partial charge in [-0.05, 0) is 30.9 Å². The van der Waals surface area contributed by atoms with E-state index in [4.69, 9.17) is 11.1 Å². The predicted molar refractivity (Wildman–Crippen MR) is 121 cm³/mol. The summed E-state index contributed by atoms with van der Waals surface area (Å²) < 4.78 is 28.7. The van der Waals surface area contributed by atoms with Crippen molar-refractivity contribution >= 4 is 27.6 Å². The van der Waals surface area contributed by atoms with Crippen LogP contribution in [0, 0.1) is 11.3 Å². The van der Waals surface area contributed by atoms with E-state index in [0.29, 0.717) is 44.6 Å². The largest absolute Gasteiger partial charge is 0.384 e. The first kappa shape index (κ1) is 22.3. The van der Waals surface area contributed by atoms with E-state index in [1.165, 1.54) is 21.4 Å². The van der Waals surface area contributed by atoms with Gasteiger partial charge in [-0.2, -0.15) is 9.40 Å². The lowest BCUT2D eigenvalue weighted by Gasteiger charge is -2.45. The molecule has 2 fully saturated rings. The highest BCUT2D eigenvalue weighted by atomic mass is 32.2. The monoisotopic (exact) mass is 459 g/mol. The third-order valence-corrected chi connectivity index (χ3v) is 7.98. The molecule has 11 heteroatoms. The molecule has 3 heterocycles. The van der Waals surface area contributed by atoms with Gasteiger partial charge in [0.25, 0.3) is 0 Å². The molecule has 2 aliphatic heterocycles. The molecule has 1 aromatic carbocycles. The summed E-state index contributed by atoms with van der Waals surface area (Å²) >= 11 is 0. The minimum atomic E-state index is -3.58.